The van der Waals surface area contributed by atoms with Gasteiger partial charge in [0, 0.05) is 18.6 Å². The molecule has 0 unspecified atom stereocenters. The summed E-state index contributed by atoms with van der Waals surface area (Å²) >= 11 is 0. The van der Waals surface area contributed by atoms with E-state index in [0.717, 1.165) is 33.9 Å². The summed E-state index contributed by atoms with van der Waals surface area (Å²) < 4.78 is 7.99. The second-order valence-corrected chi connectivity index (χ2v) is 5.14. The lowest BCUT2D eigenvalue weighted by Crippen LogP contribution is -1.94. The molecule has 1 aromatic carbocycles. The van der Waals surface area contributed by atoms with E-state index in [4.69, 9.17) is 4.42 Å². The van der Waals surface area contributed by atoms with Gasteiger partial charge in [-0.15, -0.1) is 0 Å². The smallest absolute Gasteiger partial charge is 0.157 e. The van der Waals surface area contributed by atoms with Crippen LogP contribution in [0.3, 0.4) is 0 Å². The van der Waals surface area contributed by atoms with E-state index in [1.54, 1.807) is 0 Å². The zero-order valence-electron chi connectivity index (χ0n) is 11.9. The quantitative estimate of drug-likeness (QED) is 0.600. The number of aromatic nitrogens is 2. The van der Waals surface area contributed by atoms with Gasteiger partial charge in [-0.05, 0) is 37.3 Å². The molecule has 4 nitrogen and oxygen atoms in total. The van der Waals surface area contributed by atoms with Crippen molar-refractivity contribution < 1.29 is 4.42 Å². The summed E-state index contributed by atoms with van der Waals surface area (Å²) in [7, 11) is 1.90. The van der Waals surface area contributed by atoms with Crippen molar-refractivity contribution in [3.05, 3.63) is 54.2 Å². The van der Waals surface area contributed by atoms with E-state index in [-0.39, 0.29) is 0 Å². The molecule has 0 radical (unpaired) electrons. The molecule has 0 spiro atoms. The Hall–Kier alpha value is -2.75. The van der Waals surface area contributed by atoms with Crippen LogP contribution in [0.1, 0.15) is 5.56 Å². The summed E-state index contributed by atoms with van der Waals surface area (Å²) in [4.78, 5) is 4.68. The van der Waals surface area contributed by atoms with Crippen molar-refractivity contribution in [3.8, 4) is 11.5 Å². The monoisotopic (exact) mass is 277 g/mol. The molecule has 0 bridgehead atoms. The molecular formula is C17H15N3O. The zero-order chi connectivity index (χ0) is 14.4. The van der Waals surface area contributed by atoms with Crippen LogP contribution in [-0.2, 0) is 0 Å². The van der Waals surface area contributed by atoms with Gasteiger partial charge in [0.05, 0.1) is 0 Å². The number of anilines is 1. The Morgan fingerprint density at radius 2 is 2.05 bits per heavy atom. The summed E-state index contributed by atoms with van der Waals surface area (Å²) in [5.41, 5.74) is 3.83. The average molecular weight is 277 g/mol. The number of aryl methyl sites for hydroxylation is 1. The van der Waals surface area contributed by atoms with Gasteiger partial charge in [-0.1, -0.05) is 17.7 Å². The third-order valence-corrected chi connectivity index (χ3v) is 3.67. The largest absolute Gasteiger partial charge is 0.454 e. The number of rotatable bonds is 2. The highest BCUT2D eigenvalue weighted by molar-refractivity contribution is 5.85. The normalized spacial score (nSPS) is 11.3. The first-order valence-corrected chi connectivity index (χ1v) is 6.91. The van der Waals surface area contributed by atoms with Crippen molar-refractivity contribution in [1.82, 2.24) is 9.38 Å². The molecule has 4 rings (SSSR count). The highest BCUT2D eigenvalue weighted by atomic mass is 16.3. The van der Waals surface area contributed by atoms with Gasteiger partial charge in [0.1, 0.15) is 22.7 Å². The highest BCUT2D eigenvalue weighted by Gasteiger charge is 2.16. The average Bonchev–Trinajstić information content (AvgIpc) is 3.06. The Bertz CT molecular complexity index is 949. The number of nitrogens with one attached hydrogen (secondary N) is 1. The molecule has 21 heavy (non-hydrogen) atoms. The minimum Gasteiger partial charge on any atom is -0.454 e. The number of hydrogen-bond acceptors (Lipinski definition) is 3. The fourth-order valence-corrected chi connectivity index (χ4v) is 2.69. The van der Waals surface area contributed by atoms with Gasteiger partial charge < -0.3 is 9.73 Å². The number of imidazole rings is 1. The van der Waals surface area contributed by atoms with Crippen LogP contribution in [0.15, 0.2) is 53.1 Å². The summed E-state index contributed by atoms with van der Waals surface area (Å²) in [6, 6.07) is 14.2. The molecule has 0 aliphatic carbocycles. The number of furan rings is 1. The van der Waals surface area contributed by atoms with Gasteiger partial charge in [-0.3, -0.25) is 4.40 Å². The predicted molar refractivity (Wildman–Crippen MR) is 84.7 cm³/mol. The summed E-state index contributed by atoms with van der Waals surface area (Å²) in [6.45, 7) is 2.08. The topological polar surface area (TPSA) is 42.5 Å². The molecule has 0 fully saturated rings. The Balaban J connectivity index is 1.99. The molecule has 0 saturated carbocycles. The zero-order valence-corrected chi connectivity index (χ0v) is 11.9. The van der Waals surface area contributed by atoms with Crippen molar-refractivity contribution in [1.29, 1.82) is 0 Å². The molecule has 0 saturated heterocycles. The van der Waals surface area contributed by atoms with E-state index < -0.39 is 0 Å². The maximum Gasteiger partial charge on any atom is 0.157 e. The van der Waals surface area contributed by atoms with Crippen LogP contribution in [0.5, 0.6) is 0 Å². The molecule has 4 heteroatoms. The first-order valence-electron chi connectivity index (χ1n) is 6.91. The second-order valence-electron chi connectivity index (χ2n) is 5.14. The Kier molecular flexibility index (Phi) is 2.51. The number of benzene rings is 1. The van der Waals surface area contributed by atoms with Crippen LogP contribution in [0.4, 0.5) is 5.82 Å². The van der Waals surface area contributed by atoms with E-state index in [0.29, 0.717) is 0 Å². The van der Waals surface area contributed by atoms with Gasteiger partial charge in [-0.25, -0.2) is 4.98 Å². The maximum absolute atomic E-state index is 5.97. The van der Waals surface area contributed by atoms with Crippen LogP contribution in [0.25, 0.3) is 28.1 Å². The minimum atomic E-state index is 0.781. The standard InChI is InChI=1S/C17H15N3O/c1-11-6-7-13-12(9-11)10-14(21-13)16-17(18-2)20-8-4-3-5-15(20)19-16/h3-10,18H,1-2H3. The van der Waals surface area contributed by atoms with Gasteiger partial charge >= 0.3 is 0 Å². The van der Waals surface area contributed by atoms with Crippen molar-refractivity contribution >= 4 is 22.4 Å². The Morgan fingerprint density at radius 1 is 1.14 bits per heavy atom. The van der Waals surface area contributed by atoms with Crippen LogP contribution in [0, 0.1) is 6.92 Å². The fourth-order valence-electron chi connectivity index (χ4n) is 2.69. The number of nitrogens with zero attached hydrogens (tertiary/aromatic N) is 2. The summed E-state index contributed by atoms with van der Waals surface area (Å²) in [5.74, 6) is 1.71. The Morgan fingerprint density at radius 3 is 2.90 bits per heavy atom. The van der Waals surface area contributed by atoms with E-state index in [9.17, 15) is 0 Å². The third-order valence-electron chi connectivity index (χ3n) is 3.67. The predicted octanol–water partition coefficient (Wildman–Crippen LogP) is 4.10. The van der Waals surface area contributed by atoms with Gasteiger partial charge in [-0.2, -0.15) is 0 Å². The van der Waals surface area contributed by atoms with Crippen LogP contribution < -0.4 is 5.32 Å². The lowest BCUT2D eigenvalue weighted by atomic mass is 10.2. The van der Waals surface area contributed by atoms with Gasteiger partial charge in [0.15, 0.2) is 5.76 Å². The molecule has 0 amide bonds. The van der Waals surface area contributed by atoms with Gasteiger partial charge in [0.2, 0.25) is 0 Å². The summed E-state index contributed by atoms with van der Waals surface area (Å²) in [5, 5.41) is 4.31. The third kappa shape index (κ3) is 1.80. The molecule has 0 aliphatic heterocycles. The second kappa shape index (κ2) is 4.38. The van der Waals surface area contributed by atoms with Crippen molar-refractivity contribution in [3.63, 3.8) is 0 Å². The number of fused-ring (bicyclic) bond motifs is 2. The Labute approximate surface area is 122 Å². The molecule has 1 N–H and O–H groups in total. The van der Waals surface area contributed by atoms with E-state index in [2.05, 4.69) is 29.4 Å². The lowest BCUT2D eigenvalue weighted by molar-refractivity contribution is 0.629. The van der Waals surface area contributed by atoms with Crippen LogP contribution in [-0.4, -0.2) is 16.4 Å². The van der Waals surface area contributed by atoms with Crippen molar-refractivity contribution in [2.45, 2.75) is 6.92 Å². The van der Waals surface area contributed by atoms with Crippen LogP contribution in [0.2, 0.25) is 0 Å². The lowest BCUT2D eigenvalue weighted by Gasteiger charge is -2.01. The first kappa shape index (κ1) is 12.0. The SMILES string of the molecule is CNc1c(-c2cc3cc(C)ccc3o2)nc2ccccn12. The molecule has 0 atom stereocenters. The molecule has 3 aromatic heterocycles. The molecule has 104 valence electrons. The maximum atomic E-state index is 5.97. The van der Waals surface area contributed by atoms with E-state index in [1.165, 1.54) is 5.56 Å². The molecular weight excluding hydrogens is 262 g/mol. The number of pyridine rings is 1. The van der Waals surface area contributed by atoms with E-state index in [1.807, 2.05) is 48.0 Å². The molecule has 4 aromatic rings. The molecule has 3 heterocycles. The minimum absolute atomic E-state index is 0.781. The first-order chi connectivity index (χ1) is 10.3. The molecule has 0 aliphatic rings. The fraction of sp³-hybridized carbons (Fsp3) is 0.118. The van der Waals surface area contributed by atoms with E-state index >= 15 is 0 Å². The highest BCUT2D eigenvalue weighted by Crippen LogP contribution is 2.33. The van der Waals surface area contributed by atoms with Crippen LogP contribution >= 0.6 is 0 Å². The summed E-state index contributed by atoms with van der Waals surface area (Å²) in [6.07, 6.45) is 1.99. The number of hydrogen-bond donors (Lipinski definition) is 1. The van der Waals surface area contributed by atoms with Gasteiger partial charge in [0.25, 0.3) is 0 Å². The van der Waals surface area contributed by atoms with Crippen molar-refractivity contribution in [2.75, 3.05) is 12.4 Å². The van der Waals surface area contributed by atoms with Crippen molar-refractivity contribution in [2.24, 2.45) is 0 Å².